The minimum absolute atomic E-state index is 0.0267. The first-order chi connectivity index (χ1) is 11.6. The van der Waals surface area contributed by atoms with Crippen molar-refractivity contribution in [3.8, 4) is 11.5 Å². The Hall–Kier alpha value is -2.24. The minimum atomic E-state index is -0.224. The van der Waals surface area contributed by atoms with E-state index in [9.17, 15) is 9.59 Å². The van der Waals surface area contributed by atoms with Crippen LogP contribution in [0.2, 0.25) is 0 Å². The van der Waals surface area contributed by atoms with Gasteiger partial charge in [-0.3, -0.25) is 9.59 Å². The van der Waals surface area contributed by atoms with Crippen molar-refractivity contribution in [1.29, 1.82) is 0 Å². The number of likely N-dealkylation sites (tertiary alicyclic amines) is 1. The predicted molar refractivity (Wildman–Crippen MR) is 91.1 cm³/mol. The Morgan fingerprint density at radius 3 is 2.42 bits per heavy atom. The summed E-state index contributed by atoms with van der Waals surface area (Å²) in [4.78, 5) is 28.0. The summed E-state index contributed by atoms with van der Waals surface area (Å²) in [5.74, 6) is 1.39. The van der Waals surface area contributed by atoms with Crippen LogP contribution in [0.4, 0.5) is 0 Å². The van der Waals surface area contributed by atoms with Gasteiger partial charge in [0.15, 0.2) is 0 Å². The molecule has 0 aromatic heterocycles. The molecule has 1 aromatic carbocycles. The zero-order valence-corrected chi connectivity index (χ0v) is 14.7. The van der Waals surface area contributed by atoms with Gasteiger partial charge < -0.3 is 19.3 Å². The lowest BCUT2D eigenvalue weighted by molar-refractivity contribution is -0.135. The molecular formula is C18H26N2O4. The number of carbonyl (C=O) groups is 2. The molecule has 2 amide bonds. The first-order valence-electron chi connectivity index (χ1n) is 8.42. The van der Waals surface area contributed by atoms with Gasteiger partial charge in [-0.1, -0.05) is 0 Å². The molecule has 1 heterocycles. The molecule has 1 atom stereocenters. The molecule has 0 aliphatic carbocycles. The van der Waals surface area contributed by atoms with Crippen molar-refractivity contribution in [2.24, 2.45) is 5.92 Å². The lowest BCUT2D eigenvalue weighted by Gasteiger charge is -2.22. The Labute approximate surface area is 143 Å². The molecule has 132 valence electrons. The van der Waals surface area contributed by atoms with Gasteiger partial charge >= 0.3 is 0 Å². The van der Waals surface area contributed by atoms with E-state index in [0.29, 0.717) is 39.2 Å². The topological polar surface area (TPSA) is 59.1 Å². The number of hydrogen-bond acceptors (Lipinski definition) is 4. The number of rotatable bonds is 8. The van der Waals surface area contributed by atoms with Crippen molar-refractivity contribution in [2.45, 2.75) is 20.3 Å². The Kier molecular flexibility index (Phi) is 6.46. The summed E-state index contributed by atoms with van der Waals surface area (Å²) in [7, 11) is 1.62. The van der Waals surface area contributed by atoms with Crippen LogP contribution in [0.5, 0.6) is 11.5 Å². The average molecular weight is 334 g/mol. The van der Waals surface area contributed by atoms with Gasteiger partial charge in [-0.2, -0.15) is 0 Å². The average Bonchev–Trinajstić information content (AvgIpc) is 2.97. The summed E-state index contributed by atoms with van der Waals surface area (Å²) >= 11 is 0. The number of ether oxygens (including phenoxy) is 2. The third-order valence-electron chi connectivity index (χ3n) is 4.33. The van der Waals surface area contributed by atoms with Gasteiger partial charge in [0, 0.05) is 26.1 Å². The van der Waals surface area contributed by atoms with Gasteiger partial charge in [0.25, 0.3) is 0 Å². The first kappa shape index (κ1) is 18.1. The van der Waals surface area contributed by atoms with Crippen LogP contribution < -0.4 is 9.47 Å². The zero-order chi connectivity index (χ0) is 17.5. The van der Waals surface area contributed by atoms with E-state index in [-0.39, 0.29) is 17.7 Å². The second-order valence-electron chi connectivity index (χ2n) is 5.78. The molecule has 1 aromatic rings. The van der Waals surface area contributed by atoms with E-state index in [1.54, 1.807) is 16.9 Å². The molecule has 6 heteroatoms. The van der Waals surface area contributed by atoms with Crippen molar-refractivity contribution in [3.63, 3.8) is 0 Å². The monoisotopic (exact) mass is 334 g/mol. The highest BCUT2D eigenvalue weighted by molar-refractivity contribution is 5.89. The molecule has 1 aliphatic heterocycles. The maximum absolute atomic E-state index is 12.4. The molecule has 0 bridgehead atoms. The van der Waals surface area contributed by atoms with Crippen LogP contribution in [-0.2, 0) is 9.59 Å². The molecule has 0 N–H and O–H groups in total. The summed E-state index contributed by atoms with van der Waals surface area (Å²) in [6.45, 7) is 6.66. The van der Waals surface area contributed by atoms with Gasteiger partial charge in [0.2, 0.25) is 11.8 Å². The van der Waals surface area contributed by atoms with Crippen LogP contribution in [0.25, 0.3) is 0 Å². The minimum Gasteiger partial charge on any atom is -0.497 e. The van der Waals surface area contributed by atoms with Crippen LogP contribution in [0.15, 0.2) is 24.3 Å². The van der Waals surface area contributed by atoms with Crippen molar-refractivity contribution in [3.05, 3.63) is 24.3 Å². The van der Waals surface area contributed by atoms with Gasteiger partial charge in [-0.05, 0) is 38.1 Å². The second kappa shape index (κ2) is 8.57. The van der Waals surface area contributed by atoms with Gasteiger partial charge in [0.1, 0.15) is 18.1 Å². The van der Waals surface area contributed by atoms with E-state index < -0.39 is 0 Å². The molecule has 24 heavy (non-hydrogen) atoms. The highest BCUT2D eigenvalue weighted by Crippen LogP contribution is 2.21. The van der Waals surface area contributed by atoms with Crippen LogP contribution in [-0.4, -0.2) is 61.5 Å². The Morgan fingerprint density at radius 1 is 1.21 bits per heavy atom. The predicted octanol–water partition coefficient (Wildman–Crippen LogP) is 1.79. The van der Waals surface area contributed by atoms with Crippen molar-refractivity contribution < 1.29 is 19.1 Å². The maximum atomic E-state index is 12.4. The molecule has 0 saturated carbocycles. The standard InChI is InChI=1S/C18H26N2O4/c1-4-19(5-2)18(22)14-12-17(21)20(13-14)10-11-24-16-8-6-15(23-3)7-9-16/h6-9,14H,4-5,10-13H2,1-3H3. The van der Waals surface area contributed by atoms with Gasteiger partial charge in [-0.25, -0.2) is 0 Å². The maximum Gasteiger partial charge on any atom is 0.227 e. The molecule has 6 nitrogen and oxygen atoms in total. The summed E-state index contributed by atoms with van der Waals surface area (Å²) in [6, 6.07) is 7.32. The fraction of sp³-hybridized carbons (Fsp3) is 0.556. The smallest absolute Gasteiger partial charge is 0.227 e. The van der Waals surface area contributed by atoms with Crippen LogP contribution in [0.1, 0.15) is 20.3 Å². The van der Waals surface area contributed by atoms with Crippen LogP contribution >= 0.6 is 0 Å². The van der Waals surface area contributed by atoms with E-state index in [2.05, 4.69) is 0 Å². The molecule has 0 radical (unpaired) electrons. The number of amides is 2. The van der Waals surface area contributed by atoms with E-state index in [1.807, 2.05) is 38.1 Å². The van der Waals surface area contributed by atoms with E-state index >= 15 is 0 Å². The van der Waals surface area contributed by atoms with E-state index in [0.717, 1.165) is 11.5 Å². The zero-order valence-electron chi connectivity index (χ0n) is 14.7. The number of carbonyl (C=O) groups excluding carboxylic acids is 2. The highest BCUT2D eigenvalue weighted by atomic mass is 16.5. The van der Waals surface area contributed by atoms with Crippen LogP contribution in [0, 0.1) is 5.92 Å². The van der Waals surface area contributed by atoms with E-state index in [4.69, 9.17) is 9.47 Å². The summed E-state index contributed by atoms with van der Waals surface area (Å²) < 4.78 is 10.8. The van der Waals surface area contributed by atoms with Crippen LogP contribution in [0.3, 0.4) is 0 Å². The number of nitrogens with zero attached hydrogens (tertiary/aromatic N) is 2. The quantitative estimate of drug-likeness (QED) is 0.727. The number of hydrogen-bond donors (Lipinski definition) is 0. The molecule has 1 saturated heterocycles. The fourth-order valence-corrected chi connectivity index (χ4v) is 2.89. The second-order valence-corrected chi connectivity index (χ2v) is 5.78. The van der Waals surface area contributed by atoms with Gasteiger partial charge in [0.05, 0.1) is 19.6 Å². The molecule has 1 aliphatic rings. The van der Waals surface area contributed by atoms with Crippen molar-refractivity contribution in [2.75, 3.05) is 39.9 Å². The lowest BCUT2D eigenvalue weighted by Crippen LogP contribution is -2.37. The Bertz CT molecular complexity index is 555. The normalized spacial score (nSPS) is 17.0. The molecular weight excluding hydrogens is 308 g/mol. The lowest BCUT2D eigenvalue weighted by atomic mass is 10.1. The number of methoxy groups -OCH3 is 1. The van der Waals surface area contributed by atoms with E-state index in [1.165, 1.54) is 0 Å². The number of benzene rings is 1. The largest absolute Gasteiger partial charge is 0.497 e. The Balaban J connectivity index is 1.80. The third-order valence-corrected chi connectivity index (χ3v) is 4.33. The summed E-state index contributed by atoms with van der Waals surface area (Å²) in [5, 5.41) is 0. The molecule has 1 unspecified atom stereocenters. The van der Waals surface area contributed by atoms with Crippen molar-refractivity contribution >= 4 is 11.8 Å². The first-order valence-corrected chi connectivity index (χ1v) is 8.42. The Morgan fingerprint density at radius 2 is 1.83 bits per heavy atom. The third kappa shape index (κ3) is 4.40. The van der Waals surface area contributed by atoms with Gasteiger partial charge in [-0.15, -0.1) is 0 Å². The summed E-state index contributed by atoms with van der Waals surface area (Å²) in [5.41, 5.74) is 0. The molecule has 1 fully saturated rings. The fourth-order valence-electron chi connectivity index (χ4n) is 2.89. The summed E-state index contributed by atoms with van der Waals surface area (Å²) in [6.07, 6.45) is 0.303. The SMILES string of the molecule is CCN(CC)C(=O)C1CC(=O)N(CCOc2ccc(OC)cc2)C1. The molecule has 2 rings (SSSR count). The molecule has 0 spiro atoms. The van der Waals surface area contributed by atoms with Crippen molar-refractivity contribution in [1.82, 2.24) is 9.80 Å². The highest BCUT2D eigenvalue weighted by Gasteiger charge is 2.35.